The number of esters is 3. The van der Waals surface area contributed by atoms with Gasteiger partial charge in [-0.3, -0.25) is 24.0 Å². The molecule has 0 heterocycles. The minimum atomic E-state index is -1.22. The second-order valence-electron chi connectivity index (χ2n) is 24.9. The third kappa shape index (κ3) is 26.3. The van der Waals surface area contributed by atoms with Crippen molar-refractivity contribution < 1.29 is 52.6 Å². The van der Waals surface area contributed by atoms with Crippen molar-refractivity contribution in [3.63, 3.8) is 0 Å². The number of ether oxygens (including phenoxy) is 3. The summed E-state index contributed by atoms with van der Waals surface area (Å²) in [4.78, 5) is 107. The summed E-state index contributed by atoms with van der Waals surface area (Å²) in [5.41, 5.74) is 7.95. The topological polar surface area (TPSA) is 262 Å². The molecule has 2 saturated carbocycles. The van der Waals surface area contributed by atoms with Crippen molar-refractivity contribution in [3.8, 4) is 0 Å². The summed E-state index contributed by atoms with van der Waals surface area (Å²) in [6.07, 6.45) is 12.8. The molecule has 4 atom stereocenters. The number of aryl methyl sites for hydroxylation is 2. The second kappa shape index (κ2) is 34.3. The van der Waals surface area contributed by atoms with Gasteiger partial charge in [0.2, 0.25) is 23.6 Å². The van der Waals surface area contributed by atoms with Crippen molar-refractivity contribution in [2.24, 2.45) is 17.6 Å². The average Bonchev–Trinajstić information content (AvgIpc) is 3.73. The summed E-state index contributed by atoms with van der Waals surface area (Å²) in [5.74, 6) is -2.75. The Morgan fingerprint density at radius 1 is 0.578 bits per heavy atom. The summed E-state index contributed by atoms with van der Waals surface area (Å²) in [6.45, 7) is 13.6. The predicted octanol–water partition coefficient (Wildman–Crippen LogP) is 8.79. The molecule has 5 rings (SSSR count). The summed E-state index contributed by atoms with van der Waals surface area (Å²) in [5, 5.41) is 19.5. The van der Waals surface area contributed by atoms with Gasteiger partial charge in [-0.2, -0.15) is 0 Å². The van der Waals surface area contributed by atoms with Gasteiger partial charge in [-0.15, -0.1) is 0 Å². The lowest BCUT2D eigenvalue weighted by atomic mass is 9.81. The fraction of sp³-hybridized carbons (Fsp3) is 0.631. The first-order chi connectivity index (χ1) is 39.5. The highest BCUT2D eigenvalue weighted by Gasteiger charge is 2.33. The monoisotopic (exact) mass is 1150 g/mol. The van der Waals surface area contributed by atoms with Gasteiger partial charge in [-0.05, 0) is 185 Å². The Morgan fingerprint density at radius 2 is 1.19 bits per heavy atom. The van der Waals surface area contributed by atoms with E-state index in [1.54, 1.807) is 41.5 Å². The molecule has 2 aliphatic carbocycles. The van der Waals surface area contributed by atoms with E-state index in [2.05, 4.69) is 63.1 Å². The molecule has 6 amide bonds. The van der Waals surface area contributed by atoms with Gasteiger partial charge < -0.3 is 51.8 Å². The van der Waals surface area contributed by atoms with Crippen molar-refractivity contribution in [2.45, 2.75) is 231 Å². The zero-order valence-electron chi connectivity index (χ0n) is 50.6. The van der Waals surface area contributed by atoms with Crippen molar-refractivity contribution in [1.82, 2.24) is 31.9 Å². The smallest absolute Gasteiger partial charge is 0.329 e. The number of benzene rings is 3. The van der Waals surface area contributed by atoms with Crippen molar-refractivity contribution in [1.29, 1.82) is 0 Å². The number of unbranched alkanes of at least 4 members (excludes halogenated alkanes) is 2. The quantitative estimate of drug-likeness (QED) is 0.0143. The van der Waals surface area contributed by atoms with E-state index in [1.807, 2.05) is 42.5 Å². The average molecular weight is 1150 g/mol. The number of hydrogen-bond donors (Lipinski definition) is 7. The molecule has 458 valence electrons. The maximum Gasteiger partial charge on any atom is 0.329 e. The van der Waals surface area contributed by atoms with E-state index >= 15 is 0 Å². The lowest BCUT2D eigenvalue weighted by Gasteiger charge is -2.29. The molecule has 0 aliphatic heterocycles. The van der Waals surface area contributed by atoms with E-state index in [1.165, 1.54) is 11.1 Å². The Hall–Kier alpha value is -6.56. The van der Waals surface area contributed by atoms with E-state index in [0.29, 0.717) is 58.0 Å². The lowest BCUT2D eigenvalue weighted by Crippen LogP contribution is -2.52. The Kier molecular flexibility index (Phi) is 27.8. The van der Waals surface area contributed by atoms with Gasteiger partial charge in [-0.25, -0.2) is 14.4 Å². The van der Waals surface area contributed by atoms with Crippen LogP contribution in [0, 0.1) is 18.8 Å². The maximum atomic E-state index is 14.1. The van der Waals surface area contributed by atoms with Gasteiger partial charge in [0.25, 0.3) is 0 Å². The van der Waals surface area contributed by atoms with Crippen LogP contribution in [0.5, 0.6) is 0 Å². The van der Waals surface area contributed by atoms with Crippen LogP contribution in [0.2, 0.25) is 0 Å². The highest BCUT2D eigenvalue weighted by atomic mass is 16.6. The van der Waals surface area contributed by atoms with Crippen LogP contribution in [0.15, 0.2) is 66.7 Å². The zero-order valence-corrected chi connectivity index (χ0v) is 50.6. The van der Waals surface area contributed by atoms with Gasteiger partial charge in [0.05, 0.1) is 6.04 Å². The van der Waals surface area contributed by atoms with Crippen LogP contribution in [0.25, 0.3) is 10.8 Å². The molecule has 0 aromatic heterocycles. The van der Waals surface area contributed by atoms with Crippen LogP contribution < -0.4 is 37.6 Å². The Balaban J connectivity index is 1.10. The molecule has 2 fully saturated rings. The number of amides is 6. The summed E-state index contributed by atoms with van der Waals surface area (Å²) in [7, 11) is 0. The fourth-order valence-electron chi connectivity index (χ4n) is 10.5. The largest absolute Gasteiger partial charge is 0.461 e. The maximum absolute atomic E-state index is 14.1. The van der Waals surface area contributed by atoms with Gasteiger partial charge in [-0.1, -0.05) is 85.1 Å². The molecular formula is C65H97N7O11. The standard InChI is InChI=1S/C65H97N7O11/c1-44-27-29-45(30-28-44)19-18-26-56(73)67-39-16-14-24-52(66)59(76)69-43-46-31-35-49(36-32-46)58(75)70-55(42-47-33-34-48-20-12-13-21-50(48)41-47)60(77)68-40-17-15-25-53(61(78)81-51-22-10-8-9-11-23-51)71-63(80)72-54(62(79)83-65(5,6)7)37-38-57(74)82-64(2,3)4/h12-13,20-21,27-30,33-34,41,46,49,51-55H,8-11,14-19,22-26,31-32,35-40,42-43,66H2,1-7H3,(H,67,73)(H,68,77)(H,69,76)(H,70,75)(H2,71,72,80)/t46?,49?,52-,53+,54+,55+/m0/s1. The lowest BCUT2D eigenvalue weighted by molar-refractivity contribution is -0.158. The number of carbonyl (C=O) groups is 8. The van der Waals surface area contributed by atoms with Crippen LogP contribution in [0.3, 0.4) is 0 Å². The summed E-state index contributed by atoms with van der Waals surface area (Å²) >= 11 is 0. The van der Waals surface area contributed by atoms with Crippen molar-refractivity contribution in [2.75, 3.05) is 19.6 Å². The number of fused-ring (bicyclic) bond motifs is 1. The van der Waals surface area contributed by atoms with Crippen LogP contribution in [-0.2, 0) is 60.6 Å². The molecule has 0 unspecified atom stereocenters. The molecule has 0 spiro atoms. The van der Waals surface area contributed by atoms with Crippen molar-refractivity contribution >= 4 is 58.3 Å². The van der Waals surface area contributed by atoms with Crippen LogP contribution in [-0.4, -0.2) is 109 Å². The molecule has 8 N–H and O–H groups in total. The predicted molar refractivity (Wildman–Crippen MR) is 322 cm³/mol. The molecule has 18 heteroatoms. The number of urea groups is 1. The molecule has 3 aromatic carbocycles. The Morgan fingerprint density at radius 3 is 1.86 bits per heavy atom. The van der Waals surface area contributed by atoms with Crippen molar-refractivity contribution in [3.05, 3.63) is 83.4 Å². The third-order valence-corrected chi connectivity index (χ3v) is 15.2. The van der Waals surface area contributed by atoms with E-state index in [0.717, 1.165) is 87.0 Å². The Bertz CT molecular complexity index is 2560. The van der Waals surface area contributed by atoms with Crippen LogP contribution in [0.1, 0.15) is 187 Å². The van der Waals surface area contributed by atoms with E-state index in [9.17, 15) is 38.4 Å². The van der Waals surface area contributed by atoms with Crippen LogP contribution >= 0.6 is 0 Å². The molecule has 0 saturated heterocycles. The number of nitrogens with one attached hydrogen (secondary N) is 6. The molecule has 18 nitrogen and oxygen atoms in total. The molecule has 3 aromatic rings. The van der Waals surface area contributed by atoms with Gasteiger partial charge in [0.15, 0.2) is 0 Å². The minimum Gasteiger partial charge on any atom is -0.461 e. The minimum absolute atomic E-state index is 0.0279. The van der Waals surface area contributed by atoms with E-state index in [4.69, 9.17) is 19.9 Å². The first-order valence-corrected chi connectivity index (χ1v) is 30.6. The summed E-state index contributed by atoms with van der Waals surface area (Å²) < 4.78 is 17.0. The fourth-order valence-corrected chi connectivity index (χ4v) is 10.5. The van der Waals surface area contributed by atoms with Gasteiger partial charge in [0.1, 0.15) is 35.4 Å². The van der Waals surface area contributed by atoms with E-state index in [-0.39, 0.29) is 73.8 Å². The highest BCUT2D eigenvalue weighted by Crippen LogP contribution is 2.29. The Labute approximate surface area is 492 Å². The second-order valence-corrected chi connectivity index (χ2v) is 24.9. The number of hydrogen-bond acceptors (Lipinski definition) is 12. The molecule has 0 bridgehead atoms. The zero-order chi connectivity index (χ0) is 60.4. The third-order valence-electron chi connectivity index (χ3n) is 15.2. The summed E-state index contributed by atoms with van der Waals surface area (Å²) in [6, 6.07) is 17.6. The normalized spacial score (nSPS) is 17.3. The molecule has 83 heavy (non-hydrogen) atoms. The number of rotatable bonds is 30. The number of nitrogens with two attached hydrogens (primary N) is 1. The molecule has 2 aliphatic rings. The van der Waals surface area contributed by atoms with Gasteiger partial charge in [0, 0.05) is 44.8 Å². The van der Waals surface area contributed by atoms with Gasteiger partial charge >= 0.3 is 23.9 Å². The van der Waals surface area contributed by atoms with E-state index < -0.39 is 59.3 Å². The molecule has 0 radical (unpaired) electrons. The SMILES string of the molecule is Cc1ccc(CCCC(=O)NCCCC[C@H](N)C(=O)NCC2CCC(C(=O)N[C@H](Cc3ccc4ccccc4c3)C(=O)NCCCC[C@@H](NC(=O)N[C@H](CCC(=O)OC(C)(C)C)C(=O)OC(C)(C)C)C(=O)OC3CCCCCC3)CC2)cc1. The first kappa shape index (κ1) is 67.2. The number of carbonyl (C=O) groups excluding carboxylic acids is 8. The highest BCUT2D eigenvalue weighted by molar-refractivity contribution is 5.90. The van der Waals surface area contributed by atoms with Crippen LogP contribution in [0.4, 0.5) is 4.79 Å². The first-order valence-electron chi connectivity index (χ1n) is 30.6. The molecular weight excluding hydrogens is 1050 g/mol.